The minimum atomic E-state index is -0.540. The van der Waals surface area contributed by atoms with Crippen molar-refractivity contribution in [2.75, 3.05) is 5.32 Å². The van der Waals surface area contributed by atoms with Crippen molar-refractivity contribution in [3.05, 3.63) is 133 Å². The van der Waals surface area contributed by atoms with Crippen molar-refractivity contribution in [1.29, 1.82) is 0 Å². The van der Waals surface area contributed by atoms with Crippen LogP contribution in [0.25, 0.3) is 0 Å². The van der Waals surface area contributed by atoms with E-state index in [-0.39, 0.29) is 23.2 Å². The number of anilines is 1. The fourth-order valence-corrected chi connectivity index (χ4v) is 3.77. The molecule has 0 aliphatic heterocycles. The van der Waals surface area contributed by atoms with E-state index < -0.39 is 5.91 Å². The second kappa shape index (κ2) is 9.71. The second-order valence-electron chi connectivity index (χ2n) is 7.77. The van der Waals surface area contributed by atoms with Gasteiger partial charge in [-0.15, -0.1) is 0 Å². The number of hydrogen-bond acceptors (Lipinski definition) is 3. The van der Waals surface area contributed by atoms with Gasteiger partial charge in [-0.25, -0.2) is 0 Å². The fourth-order valence-electron chi connectivity index (χ4n) is 3.58. The zero-order chi connectivity index (χ0) is 23.4. The SMILES string of the molecule is Cc1cccc(Cn2cccc(C(=O)Nc3ccc(=O)n(Cc4ccccc4Cl)c3)c2=O)c1. The first-order chi connectivity index (χ1) is 15.9. The normalized spacial score (nSPS) is 10.7. The highest BCUT2D eigenvalue weighted by molar-refractivity contribution is 6.31. The molecule has 4 aromatic rings. The van der Waals surface area contributed by atoms with Crippen LogP contribution in [0, 0.1) is 6.92 Å². The van der Waals surface area contributed by atoms with Gasteiger partial charge in [0.25, 0.3) is 17.0 Å². The van der Waals surface area contributed by atoms with Crippen LogP contribution in [0.3, 0.4) is 0 Å². The molecule has 0 aliphatic carbocycles. The number of hydrogen-bond donors (Lipinski definition) is 1. The van der Waals surface area contributed by atoms with Crippen molar-refractivity contribution in [2.45, 2.75) is 20.0 Å². The topological polar surface area (TPSA) is 73.1 Å². The Morgan fingerprint density at radius 3 is 2.52 bits per heavy atom. The predicted molar refractivity (Wildman–Crippen MR) is 130 cm³/mol. The number of nitrogens with zero attached hydrogens (tertiary/aromatic N) is 2. The molecule has 0 unspecified atom stereocenters. The zero-order valence-corrected chi connectivity index (χ0v) is 18.8. The van der Waals surface area contributed by atoms with Gasteiger partial charge in [0.05, 0.1) is 18.8 Å². The summed E-state index contributed by atoms with van der Waals surface area (Å²) in [4.78, 5) is 38.1. The van der Waals surface area contributed by atoms with Crippen LogP contribution in [0.2, 0.25) is 5.02 Å². The van der Waals surface area contributed by atoms with E-state index in [9.17, 15) is 14.4 Å². The van der Waals surface area contributed by atoms with E-state index in [0.29, 0.717) is 17.3 Å². The molecular formula is C26H22ClN3O3. The molecule has 0 aliphatic rings. The van der Waals surface area contributed by atoms with Gasteiger partial charge in [-0.2, -0.15) is 0 Å². The Labute approximate surface area is 195 Å². The van der Waals surface area contributed by atoms with Gasteiger partial charge < -0.3 is 14.5 Å². The highest BCUT2D eigenvalue weighted by atomic mass is 35.5. The number of amides is 1. The van der Waals surface area contributed by atoms with Crippen molar-refractivity contribution < 1.29 is 4.79 Å². The molecule has 7 heteroatoms. The van der Waals surface area contributed by atoms with Crippen LogP contribution in [-0.2, 0) is 13.1 Å². The van der Waals surface area contributed by atoms with Gasteiger partial charge in [0.1, 0.15) is 5.56 Å². The fraction of sp³-hybridized carbons (Fsp3) is 0.115. The maximum atomic E-state index is 12.9. The average molecular weight is 460 g/mol. The Hall–Kier alpha value is -3.90. The van der Waals surface area contributed by atoms with Gasteiger partial charge in [0, 0.05) is 23.5 Å². The van der Waals surface area contributed by atoms with Crippen LogP contribution in [0.15, 0.2) is 94.8 Å². The van der Waals surface area contributed by atoms with E-state index in [1.54, 1.807) is 18.3 Å². The van der Waals surface area contributed by atoms with Crippen molar-refractivity contribution in [3.63, 3.8) is 0 Å². The Kier molecular flexibility index (Phi) is 6.56. The number of nitrogens with one attached hydrogen (secondary N) is 1. The molecule has 1 N–H and O–H groups in total. The Bertz CT molecular complexity index is 1440. The summed E-state index contributed by atoms with van der Waals surface area (Å²) in [5.41, 5.74) is 2.66. The van der Waals surface area contributed by atoms with Gasteiger partial charge in [-0.3, -0.25) is 14.4 Å². The molecule has 2 heterocycles. The van der Waals surface area contributed by atoms with Crippen molar-refractivity contribution in [2.24, 2.45) is 0 Å². The Morgan fingerprint density at radius 1 is 0.909 bits per heavy atom. The summed E-state index contributed by atoms with van der Waals surface area (Å²) < 4.78 is 2.96. The van der Waals surface area contributed by atoms with Crippen molar-refractivity contribution >= 4 is 23.2 Å². The molecule has 0 saturated carbocycles. The van der Waals surface area contributed by atoms with Gasteiger partial charge in [-0.05, 0) is 42.3 Å². The van der Waals surface area contributed by atoms with E-state index in [1.165, 1.54) is 33.5 Å². The monoisotopic (exact) mass is 459 g/mol. The van der Waals surface area contributed by atoms with Crippen LogP contribution in [0.5, 0.6) is 0 Å². The molecule has 0 radical (unpaired) electrons. The molecular weight excluding hydrogens is 438 g/mol. The van der Waals surface area contributed by atoms with Gasteiger partial charge in [-0.1, -0.05) is 59.6 Å². The van der Waals surface area contributed by atoms with Crippen molar-refractivity contribution in [3.8, 4) is 0 Å². The minimum absolute atomic E-state index is 0.0222. The quantitative estimate of drug-likeness (QED) is 0.466. The summed E-state index contributed by atoms with van der Waals surface area (Å²) in [5, 5.41) is 3.28. The highest BCUT2D eigenvalue weighted by Gasteiger charge is 2.14. The number of aryl methyl sites for hydroxylation is 1. The van der Waals surface area contributed by atoms with E-state index in [1.807, 2.05) is 49.4 Å². The number of pyridine rings is 2. The molecule has 0 fully saturated rings. The molecule has 1 amide bonds. The van der Waals surface area contributed by atoms with Gasteiger partial charge in [0.15, 0.2) is 0 Å². The highest BCUT2D eigenvalue weighted by Crippen LogP contribution is 2.16. The Balaban J connectivity index is 1.56. The third-order valence-corrected chi connectivity index (χ3v) is 5.61. The third kappa shape index (κ3) is 5.30. The molecule has 33 heavy (non-hydrogen) atoms. The van der Waals surface area contributed by atoms with Crippen molar-refractivity contribution in [1.82, 2.24) is 9.13 Å². The summed E-state index contributed by atoms with van der Waals surface area (Å²) in [6.07, 6.45) is 3.20. The number of benzene rings is 2. The lowest BCUT2D eigenvalue weighted by Gasteiger charge is -2.12. The van der Waals surface area contributed by atoms with Crippen LogP contribution in [0.1, 0.15) is 27.0 Å². The third-order valence-electron chi connectivity index (χ3n) is 5.24. The van der Waals surface area contributed by atoms with Crippen LogP contribution in [-0.4, -0.2) is 15.0 Å². The average Bonchev–Trinajstić information content (AvgIpc) is 2.79. The van der Waals surface area contributed by atoms with E-state index in [0.717, 1.165) is 16.7 Å². The first-order valence-electron chi connectivity index (χ1n) is 10.4. The smallest absolute Gasteiger partial charge is 0.263 e. The lowest BCUT2D eigenvalue weighted by atomic mass is 10.1. The summed E-state index contributed by atoms with van der Waals surface area (Å²) in [6.45, 7) is 2.61. The molecule has 6 nitrogen and oxygen atoms in total. The van der Waals surface area contributed by atoms with Crippen LogP contribution >= 0.6 is 11.6 Å². The molecule has 2 aromatic carbocycles. The molecule has 2 aromatic heterocycles. The first kappa shape index (κ1) is 22.3. The molecule has 0 saturated heterocycles. The lowest BCUT2D eigenvalue weighted by molar-refractivity contribution is 0.102. The number of halogens is 1. The maximum absolute atomic E-state index is 12.9. The van der Waals surface area contributed by atoms with E-state index in [2.05, 4.69) is 5.32 Å². The lowest BCUT2D eigenvalue weighted by Crippen LogP contribution is -2.29. The molecule has 0 atom stereocenters. The summed E-state index contributed by atoms with van der Waals surface area (Å²) in [5.74, 6) is -0.540. The number of carbonyl (C=O) groups excluding carboxylic acids is 1. The first-order valence-corrected chi connectivity index (χ1v) is 10.8. The number of aromatic nitrogens is 2. The largest absolute Gasteiger partial charge is 0.320 e. The summed E-state index contributed by atoms with van der Waals surface area (Å²) in [6, 6.07) is 21.2. The molecule has 0 bridgehead atoms. The number of carbonyl (C=O) groups is 1. The van der Waals surface area contributed by atoms with E-state index in [4.69, 9.17) is 11.6 Å². The predicted octanol–water partition coefficient (Wildman–Crippen LogP) is 4.32. The molecule has 0 spiro atoms. The van der Waals surface area contributed by atoms with Gasteiger partial charge >= 0.3 is 0 Å². The minimum Gasteiger partial charge on any atom is -0.320 e. The van der Waals surface area contributed by atoms with Gasteiger partial charge in [0.2, 0.25) is 0 Å². The maximum Gasteiger partial charge on any atom is 0.263 e. The molecule has 166 valence electrons. The standard InChI is InChI=1S/C26H22ClN3O3/c1-18-6-4-7-19(14-18)15-29-13-5-9-22(26(29)33)25(32)28-21-11-12-24(31)30(17-21)16-20-8-2-3-10-23(20)27/h2-14,17H,15-16H2,1H3,(H,28,32). The summed E-state index contributed by atoms with van der Waals surface area (Å²) in [7, 11) is 0. The van der Waals surface area contributed by atoms with Crippen LogP contribution < -0.4 is 16.4 Å². The Morgan fingerprint density at radius 2 is 1.73 bits per heavy atom. The molecule has 4 rings (SSSR count). The number of rotatable bonds is 6. The van der Waals surface area contributed by atoms with E-state index >= 15 is 0 Å². The zero-order valence-electron chi connectivity index (χ0n) is 18.0. The summed E-state index contributed by atoms with van der Waals surface area (Å²) >= 11 is 6.21. The second-order valence-corrected chi connectivity index (χ2v) is 8.18. The van der Waals surface area contributed by atoms with Crippen LogP contribution in [0.4, 0.5) is 5.69 Å².